The van der Waals surface area contributed by atoms with Gasteiger partial charge in [-0.05, 0) is 7.05 Å². The Kier molecular flexibility index (Phi) is 1.96. The highest BCUT2D eigenvalue weighted by Crippen LogP contribution is 1.93. The van der Waals surface area contributed by atoms with Gasteiger partial charge < -0.3 is 0 Å². The fourth-order valence-corrected chi connectivity index (χ4v) is 0.556. The number of nitrogens with zero attached hydrogens (tertiary/aromatic N) is 1. The van der Waals surface area contributed by atoms with Gasteiger partial charge in [0.15, 0.2) is 5.78 Å². The summed E-state index contributed by atoms with van der Waals surface area (Å²) >= 11 is 0. The van der Waals surface area contributed by atoms with E-state index in [-0.39, 0.29) is 7.43 Å². The molecular formula is C5H11NO. The monoisotopic (exact) mass is 101 g/mol. The van der Waals surface area contributed by atoms with Crippen LogP contribution in [0.15, 0.2) is 0 Å². The molecule has 0 spiro atoms. The van der Waals surface area contributed by atoms with E-state index >= 15 is 0 Å². The molecule has 0 radical (unpaired) electrons. The van der Waals surface area contributed by atoms with E-state index in [0.717, 1.165) is 0 Å². The molecule has 0 N–H and O–H groups in total. The number of likely N-dealkylation sites (tertiary alicyclic amines) is 1. The molecule has 1 heterocycles. The van der Waals surface area contributed by atoms with Crippen molar-refractivity contribution in [1.82, 2.24) is 4.90 Å². The van der Waals surface area contributed by atoms with Gasteiger partial charge in [0.25, 0.3) is 0 Å². The maximum atomic E-state index is 10.1. The van der Waals surface area contributed by atoms with Crippen LogP contribution in [0.25, 0.3) is 0 Å². The first-order chi connectivity index (χ1) is 2.79. The van der Waals surface area contributed by atoms with Crippen LogP contribution in [0.3, 0.4) is 0 Å². The number of carbonyl (C=O) groups excluding carboxylic acids is 1. The fourth-order valence-electron chi connectivity index (χ4n) is 0.556. The van der Waals surface area contributed by atoms with Crippen molar-refractivity contribution in [3.63, 3.8) is 0 Å². The minimum atomic E-state index is 0. The minimum absolute atomic E-state index is 0. The highest BCUT2D eigenvalue weighted by atomic mass is 16.1. The van der Waals surface area contributed by atoms with Gasteiger partial charge in [0.05, 0.1) is 13.1 Å². The smallest absolute Gasteiger partial charge is 0.160 e. The molecule has 0 aromatic rings. The summed E-state index contributed by atoms with van der Waals surface area (Å²) in [6.45, 7) is 1.33. The van der Waals surface area contributed by atoms with Crippen LogP contribution in [-0.2, 0) is 4.79 Å². The van der Waals surface area contributed by atoms with Crippen molar-refractivity contribution in [2.45, 2.75) is 7.43 Å². The number of likely N-dealkylation sites (N-methyl/N-ethyl adjacent to an activating group) is 1. The van der Waals surface area contributed by atoms with E-state index in [1.54, 1.807) is 0 Å². The number of hydrogen-bond donors (Lipinski definition) is 0. The Labute approximate surface area is 44.1 Å². The molecule has 0 aliphatic carbocycles. The van der Waals surface area contributed by atoms with E-state index in [1.807, 2.05) is 11.9 Å². The Bertz CT molecular complexity index is 72.1. The molecule has 2 nitrogen and oxygen atoms in total. The molecule has 0 bridgehead atoms. The Morgan fingerprint density at radius 2 is 2.00 bits per heavy atom. The molecule has 1 aliphatic rings. The molecular weight excluding hydrogens is 90.1 g/mol. The van der Waals surface area contributed by atoms with Crippen molar-refractivity contribution < 1.29 is 4.79 Å². The van der Waals surface area contributed by atoms with Crippen LogP contribution >= 0.6 is 0 Å². The molecule has 0 amide bonds. The molecule has 2 heteroatoms. The minimum Gasteiger partial charge on any atom is -0.297 e. The second-order valence-corrected chi connectivity index (χ2v) is 1.71. The lowest BCUT2D eigenvalue weighted by Crippen LogP contribution is -2.43. The number of hydrogen-bond acceptors (Lipinski definition) is 2. The molecule has 1 aliphatic heterocycles. The molecule has 0 saturated carbocycles. The quantitative estimate of drug-likeness (QED) is 0.432. The van der Waals surface area contributed by atoms with E-state index in [0.29, 0.717) is 18.9 Å². The van der Waals surface area contributed by atoms with Gasteiger partial charge >= 0.3 is 0 Å². The molecule has 42 valence electrons. The predicted octanol–water partition coefficient (Wildman–Crippen LogP) is 0.137. The SMILES string of the molecule is C.CN1CC(=O)C1. The second kappa shape index (κ2) is 2.07. The van der Waals surface area contributed by atoms with Crippen molar-refractivity contribution in [2.24, 2.45) is 0 Å². The van der Waals surface area contributed by atoms with Gasteiger partial charge in [0.2, 0.25) is 0 Å². The van der Waals surface area contributed by atoms with Gasteiger partial charge in [0.1, 0.15) is 0 Å². The topological polar surface area (TPSA) is 20.3 Å². The van der Waals surface area contributed by atoms with Crippen molar-refractivity contribution in [1.29, 1.82) is 0 Å². The lowest BCUT2D eigenvalue weighted by molar-refractivity contribution is -0.127. The van der Waals surface area contributed by atoms with E-state index in [2.05, 4.69) is 0 Å². The first kappa shape index (κ1) is 6.63. The lowest BCUT2D eigenvalue weighted by Gasteiger charge is -2.23. The molecule has 0 atom stereocenters. The van der Waals surface area contributed by atoms with Crippen LogP contribution in [0.4, 0.5) is 0 Å². The summed E-state index contributed by atoms with van der Waals surface area (Å²) in [5.74, 6) is 0.359. The molecule has 0 aromatic heterocycles. The third-order valence-corrected chi connectivity index (χ3v) is 0.893. The van der Waals surface area contributed by atoms with Crippen LogP contribution in [0.5, 0.6) is 0 Å². The number of rotatable bonds is 0. The van der Waals surface area contributed by atoms with Gasteiger partial charge in [-0.15, -0.1) is 0 Å². The Morgan fingerprint density at radius 3 is 2.00 bits per heavy atom. The third-order valence-electron chi connectivity index (χ3n) is 0.893. The largest absolute Gasteiger partial charge is 0.297 e. The van der Waals surface area contributed by atoms with E-state index < -0.39 is 0 Å². The highest BCUT2D eigenvalue weighted by Gasteiger charge is 2.17. The standard InChI is InChI=1S/C4H7NO.CH4/c1-5-2-4(6)3-5;/h2-3H2,1H3;1H4. The van der Waals surface area contributed by atoms with E-state index in [1.165, 1.54) is 0 Å². The maximum Gasteiger partial charge on any atom is 0.160 e. The number of carbonyl (C=O) groups is 1. The Hall–Kier alpha value is -0.370. The average Bonchev–Trinajstić information content (AvgIpc) is 1.33. The van der Waals surface area contributed by atoms with Gasteiger partial charge in [-0.3, -0.25) is 9.69 Å². The van der Waals surface area contributed by atoms with Crippen LogP contribution in [0, 0.1) is 0 Å². The first-order valence-corrected chi connectivity index (χ1v) is 1.99. The van der Waals surface area contributed by atoms with Crippen LogP contribution in [0.2, 0.25) is 0 Å². The maximum absolute atomic E-state index is 10.1. The van der Waals surface area contributed by atoms with Crippen molar-refractivity contribution in [3.8, 4) is 0 Å². The molecule has 1 rings (SSSR count). The van der Waals surface area contributed by atoms with Gasteiger partial charge in [-0.2, -0.15) is 0 Å². The van der Waals surface area contributed by atoms with Gasteiger partial charge in [0, 0.05) is 0 Å². The summed E-state index contributed by atoms with van der Waals surface area (Å²) in [4.78, 5) is 12.0. The molecule has 0 aromatic carbocycles. The third kappa shape index (κ3) is 1.27. The van der Waals surface area contributed by atoms with Crippen LogP contribution < -0.4 is 0 Å². The summed E-state index contributed by atoms with van der Waals surface area (Å²) < 4.78 is 0. The summed E-state index contributed by atoms with van der Waals surface area (Å²) in [5, 5.41) is 0. The molecule has 1 saturated heterocycles. The lowest BCUT2D eigenvalue weighted by atomic mass is 10.2. The summed E-state index contributed by atoms with van der Waals surface area (Å²) in [6.07, 6.45) is 0. The van der Waals surface area contributed by atoms with Crippen molar-refractivity contribution in [3.05, 3.63) is 0 Å². The highest BCUT2D eigenvalue weighted by molar-refractivity contribution is 5.87. The number of ketones is 1. The summed E-state index contributed by atoms with van der Waals surface area (Å²) in [6, 6.07) is 0. The Morgan fingerprint density at radius 1 is 1.57 bits per heavy atom. The normalized spacial score (nSPS) is 20.4. The number of Topliss-reactive ketones (excluding diaryl/α,β-unsaturated/α-hetero) is 1. The van der Waals surface area contributed by atoms with Crippen molar-refractivity contribution >= 4 is 5.78 Å². The predicted molar refractivity (Wildman–Crippen MR) is 29.2 cm³/mol. The zero-order valence-electron chi connectivity index (χ0n) is 3.77. The Balaban J connectivity index is 0.000000360. The van der Waals surface area contributed by atoms with Crippen LogP contribution in [-0.4, -0.2) is 30.8 Å². The zero-order valence-corrected chi connectivity index (χ0v) is 3.77. The van der Waals surface area contributed by atoms with Gasteiger partial charge in [-0.25, -0.2) is 0 Å². The molecule has 7 heavy (non-hydrogen) atoms. The first-order valence-electron chi connectivity index (χ1n) is 1.99. The fraction of sp³-hybridized carbons (Fsp3) is 0.800. The average molecular weight is 101 g/mol. The molecule has 1 fully saturated rings. The van der Waals surface area contributed by atoms with Gasteiger partial charge in [-0.1, -0.05) is 7.43 Å². The zero-order chi connectivity index (χ0) is 4.57. The van der Waals surface area contributed by atoms with Crippen LogP contribution in [0.1, 0.15) is 7.43 Å². The summed E-state index contributed by atoms with van der Waals surface area (Å²) in [7, 11) is 1.93. The second-order valence-electron chi connectivity index (χ2n) is 1.71. The van der Waals surface area contributed by atoms with E-state index in [4.69, 9.17) is 0 Å². The molecule has 0 unspecified atom stereocenters. The van der Waals surface area contributed by atoms with Crippen molar-refractivity contribution in [2.75, 3.05) is 20.1 Å². The summed E-state index contributed by atoms with van der Waals surface area (Å²) in [5.41, 5.74) is 0. The van der Waals surface area contributed by atoms with E-state index in [9.17, 15) is 4.79 Å².